The predicted octanol–water partition coefficient (Wildman–Crippen LogP) is 2.99. The topological polar surface area (TPSA) is 49.9 Å². The molecule has 1 heterocycles. The van der Waals surface area contributed by atoms with Gasteiger partial charge in [0.1, 0.15) is 5.75 Å². The van der Waals surface area contributed by atoms with E-state index in [0.717, 1.165) is 11.1 Å². The summed E-state index contributed by atoms with van der Waals surface area (Å²) in [7, 11) is 0. The third-order valence-corrected chi connectivity index (χ3v) is 4.65. The maximum atomic E-state index is 12.8. The second-order valence-corrected chi connectivity index (χ2v) is 6.33. The number of hydrogen-bond acceptors (Lipinski definition) is 3. The Kier molecular flexibility index (Phi) is 5.56. The summed E-state index contributed by atoms with van der Waals surface area (Å²) in [6.07, 6.45) is 0. The van der Waals surface area contributed by atoms with Gasteiger partial charge in [0.15, 0.2) is 0 Å². The Bertz CT molecular complexity index is 795. The number of para-hydroxylation sites is 1. The molecule has 0 bridgehead atoms. The minimum absolute atomic E-state index is 0.0323. The average molecular weight is 352 g/mol. The highest BCUT2D eigenvalue weighted by Gasteiger charge is 2.27. The van der Waals surface area contributed by atoms with Crippen molar-refractivity contribution in [2.75, 3.05) is 32.8 Å². The normalized spacial score (nSPS) is 14.2. The summed E-state index contributed by atoms with van der Waals surface area (Å²) in [6, 6.07) is 14.9. The highest BCUT2D eigenvalue weighted by molar-refractivity contribution is 5.98. The Balaban J connectivity index is 1.66. The Labute approximate surface area is 154 Å². The van der Waals surface area contributed by atoms with E-state index >= 15 is 0 Å². The first-order valence-corrected chi connectivity index (χ1v) is 8.97. The minimum atomic E-state index is -0.0444. The van der Waals surface area contributed by atoms with E-state index in [0.29, 0.717) is 44.1 Å². The van der Waals surface area contributed by atoms with Crippen LogP contribution in [0.1, 0.15) is 33.2 Å². The van der Waals surface area contributed by atoms with Crippen LogP contribution in [-0.4, -0.2) is 54.4 Å². The van der Waals surface area contributed by atoms with Crippen LogP contribution >= 0.6 is 0 Å². The number of rotatable bonds is 4. The van der Waals surface area contributed by atoms with Crippen LogP contribution in [0.15, 0.2) is 48.5 Å². The molecule has 2 aromatic rings. The van der Waals surface area contributed by atoms with Crippen LogP contribution in [0.25, 0.3) is 0 Å². The smallest absolute Gasteiger partial charge is 0.257 e. The van der Waals surface area contributed by atoms with Gasteiger partial charge in [0.2, 0.25) is 0 Å². The molecule has 0 unspecified atom stereocenters. The third kappa shape index (κ3) is 3.72. The van der Waals surface area contributed by atoms with Gasteiger partial charge in [-0.2, -0.15) is 0 Å². The maximum absolute atomic E-state index is 12.8. The maximum Gasteiger partial charge on any atom is 0.257 e. The summed E-state index contributed by atoms with van der Waals surface area (Å²) in [4.78, 5) is 29.2. The van der Waals surface area contributed by atoms with E-state index < -0.39 is 0 Å². The first kappa shape index (κ1) is 18.0. The van der Waals surface area contributed by atoms with Crippen molar-refractivity contribution in [1.82, 2.24) is 9.80 Å². The molecular formula is C21H24N2O3. The van der Waals surface area contributed by atoms with Crippen molar-refractivity contribution in [3.63, 3.8) is 0 Å². The second kappa shape index (κ2) is 8.04. The summed E-state index contributed by atoms with van der Waals surface area (Å²) in [5, 5.41) is 0. The van der Waals surface area contributed by atoms with Crippen LogP contribution in [-0.2, 0) is 0 Å². The van der Waals surface area contributed by atoms with Gasteiger partial charge in [0.05, 0.1) is 12.2 Å². The molecule has 0 N–H and O–H groups in total. The molecular weight excluding hydrogens is 328 g/mol. The molecule has 136 valence electrons. The summed E-state index contributed by atoms with van der Waals surface area (Å²) in [5.41, 5.74) is 2.28. The fourth-order valence-corrected chi connectivity index (χ4v) is 3.19. The molecule has 1 aliphatic heterocycles. The molecule has 5 nitrogen and oxygen atoms in total. The number of benzene rings is 2. The lowest BCUT2D eigenvalue weighted by Crippen LogP contribution is -2.50. The van der Waals surface area contributed by atoms with Gasteiger partial charge >= 0.3 is 0 Å². The van der Waals surface area contributed by atoms with Gasteiger partial charge in [0.25, 0.3) is 11.8 Å². The highest BCUT2D eigenvalue weighted by atomic mass is 16.5. The average Bonchev–Trinajstić information content (AvgIpc) is 2.68. The van der Waals surface area contributed by atoms with E-state index in [1.807, 2.05) is 61.2 Å². The minimum Gasteiger partial charge on any atom is -0.493 e. The van der Waals surface area contributed by atoms with E-state index in [1.165, 1.54) is 0 Å². The van der Waals surface area contributed by atoms with Crippen molar-refractivity contribution in [2.24, 2.45) is 0 Å². The first-order valence-electron chi connectivity index (χ1n) is 8.97. The number of carbonyl (C=O) groups is 2. The summed E-state index contributed by atoms with van der Waals surface area (Å²) >= 11 is 0. The van der Waals surface area contributed by atoms with E-state index in [4.69, 9.17) is 4.74 Å². The van der Waals surface area contributed by atoms with Gasteiger partial charge in [-0.05, 0) is 37.6 Å². The van der Waals surface area contributed by atoms with Gasteiger partial charge < -0.3 is 14.5 Å². The van der Waals surface area contributed by atoms with Crippen molar-refractivity contribution < 1.29 is 14.3 Å². The Hall–Kier alpha value is -2.82. The monoisotopic (exact) mass is 352 g/mol. The largest absolute Gasteiger partial charge is 0.493 e. The van der Waals surface area contributed by atoms with Crippen molar-refractivity contribution in [3.05, 3.63) is 65.2 Å². The molecule has 0 saturated carbocycles. The number of ether oxygens (including phenoxy) is 1. The fourth-order valence-electron chi connectivity index (χ4n) is 3.19. The number of carbonyl (C=O) groups excluding carboxylic acids is 2. The third-order valence-electron chi connectivity index (χ3n) is 4.65. The van der Waals surface area contributed by atoms with E-state index in [9.17, 15) is 9.59 Å². The SMILES string of the molecule is CCOc1ccccc1C(=O)N1CCN(C(=O)c2ccccc2C)CC1. The molecule has 0 atom stereocenters. The summed E-state index contributed by atoms with van der Waals surface area (Å²) in [5.74, 6) is 0.598. The summed E-state index contributed by atoms with van der Waals surface area (Å²) in [6.45, 7) is 6.48. The zero-order chi connectivity index (χ0) is 18.5. The molecule has 5 heteroatoms. The summed E-state index contributed by atoms with van der Waals surface area (Å²) < 4.78 is 5.57. The molecule has 1 aliphatic rings. The molecule has 2 amide bonds. The van der Waals surface area contributed by atoms with Crippen molar-refractivity contribution in [1.29, 1.82) is 0 Å². The zero-order valence-electron chi connectivity index (χ0n) is 15.3. The van der Waals surface area contributed by atoms with Crippen molar-refractivity contribution in [2.45, 2.75) is 13.8 Å². The Morgan fingerprint density at radius 1 is 0.846 bits per heavy atom. The lowest BCUT2D eigenvalue weighted by Gasteiger charge is -2.35. The molecule has 1 saturated heterocycles. The molecule has 1 fully saturated rings. The van der Waals surface area contributed by atoms with E-state index in [2.05, 4.69) is 0 Å². The number of hydrogen-bond donors (Lipinski definition) is 0. The molecule has 26 heavy (non-hydrogen) atoms. The van der Waals surface area contributed by atoms with Gasteiger partial charge in [-0.25, -0.2) is 0 Å². The molecule has 0 aromatic heterocycles. The van der Waals surface area contributed by atoms with Gasteiger partial charge in [-0.15, -0.1) is 0 Å². The van der Waals surface area contributed by atoms with Gasteiger partial charge in [-0.1, -0.05) is 30.3 Å². The lowest BCUT2D eigenvalue weighted by atomic mass is 10.1. The number of nitrogens with zero attached hydrogens (tertiary/aromatic N) is 2. The van der Waals surface area contributed by atoms with Crippen LogP contribution in [0, 0.1) is 6.92 Å². The first-order chi connectivity index (χ1) is 12.6. The van der Waals surface area contributed by atoms with Crippen molar-refractivity contribution in [3.8, 4) is 5.75 Å². The Morgan fingerprint density at radius 2 is 1.35 bits per heavy atom. The van der Waals surface area contributed by atoms with Gasteiger partial charge in [-0.3, -0.25) is 9.59 Å². The lowest BCUT2D eigenvalue weighted by molar-refractivity contribution is 0.0532. The number of aryl methyl sites for hydroxylation is 1. The highest BCUT2D eigenvalue weighted by Crippen LogP contribution is 2.21. The zero-order valence-corrected chi connectivity index (χ0v) is 15.3. The van der Waals surface area contributed by atoms with Crippen LogP contribution in [0.5, 0.6) is 5.75 Å². The van der Waals surface area contributed by atoms with E-state index in [1.54, 1.807) is 11.0 Å². The van der Waals surface area contributed by atoms with Gasteiger partial charge in [0, 0.05) is 31.7 Å². The fraction of sp³-hybridized carbons (Fsp3) is 0.333. The van der Waals surface area contributed by atoms with Crippen LogP contribution in [0.2, 0.25) is 0 Å². The molecule has 0 radical (unpaired) electrons. The van der Waals surface area contributed by atoms with Crippen LogP contribution in [0.4, 0.5) is 0 Å². The van der Waals surface area contributed by atoms with E-state index in [-0.39, 0.29) is 11.8 Å². The standard InChI is InChI=1S/C21H24N2O3/c1-3-26-19-11-7-6-10-18(19)21(25)23-14-12-22(13-15-23)20(24)17-9-5-4-8-16(17)2/h4-11H,3,12-15H2,1-2H3. The molecule has 2 aromatic carbocycles. The molecule has 0 aliphatic carbocycles. The predicted molar refractivity (Wildman–Crippen MR) is 101 cm³/mol. The second-order valence-electron chi connectivity index (χ2n) is 6.33. The molecule has 0 spiro atoms. The number of piperazine rings is 1. The van der Waals surface area contributed by atoms with Crippen LogP contribution in [0.3, 0.4) is 0 Å². The van der Waals surface area contributed by atoms with Crippen LogP contribution < -0.4 is 4.74 Å². The molecule has 3 rings (SSSR count). The Morgan fingerprint density at radius 3 is 1.92 bits per heavy atom. The number of amides is 2. The quantitative estimate of drug-likeness (QED) is 0.850. The van der Waals surface area contributed by atoms with Crippen molar-refractivity contribution >= 4 is 11.8 Å².